The van der Waals surface area contributed by atoms with Crippen LogP contribution in [0.25, 0.3) is 0 Å². The molecule has 3 nitrogen and oxygen atoms in total. The molecule has 2 rings (SSSR count). The second-order valence-electron chi connectivity index (χ2n) is 4.26. The van der Waals surface area contributed by atoms with Crippen molar-refractivity contribution in [2.24, 2.45) is 0 Å². The van der Waals surface area contributed by atoms with Crippen molar-refractivity contribution in [3.05, 3.63) is 34.9 Å². The summed E-state index contributed by atoms with van der Waals surface area (Å²) in [4.78, 5) is 0. The lowest BCUT2D eigenvalue weighted by atomic mass is 10.0. The monoisotopic (exact) mass is 241 g/mol. The van der Waals surface area contributed by atoms with Gasteiger partial charge in [0.25, 0.3) is 0 Å². The van der Waals surface area contributed by atoms with Gasteiger partial charge in [0.15, 0.2) is 0 Å². The maximum atomic E-state index is 10.0. The minimum absolute atomic E-state index is 0.426. The van der Waals surface area contributed by atoms with Gasteiger partial charge in [0, 0.05) is 31.1 Å². The minimum Gasteiger partial charge on any atom is -0.386 e. The van der Waals surface area contributed by atoms with E-state index in [1.54, 1.807) is 0 Å². The summed E-state index contributed by atoms with van der Waals surface area (Å²) in [5, 5.41) is 14.0. The first-order valence-corrected chi connectivity index (χ1v) is 5.81. The largest absolute Gasteiger partial charge is 0.386 e. The van der Waals surface area contributed by atoms with Crippen molar-refractivity contribution in [3.8, 4) is 0 Å². The molecule has 4 heteroatoms. The van der Waals surface area contributed by atoms with Crippen LogP contribution in [-0.2, 0) is 11.3 Å². The van der Waals surface area contributed by atoms with Crippen molar-refractivity contribution >= 4 is 11.6 Å². The van der Waals surface area contributed by atoms with Crippen molar-refractivity contribution in [1.82, 2.24) is 5.32 Å². The fourth-order valence-electron chi connectivity index (χ4n) is 1.82. The number of ether oxygens (including phenoxy) is 1. The highest BCUT2D eigenvalue weighted by Gasteiger charge is 2.31. The van der Waals surface area contributed by atoms with Crippen LogP contribution in [0.5, 0.6) is 0 Å². The lowest BCUT2D eigenvalue weighted by molar-refractivity contribution is 0.0268. The van der Waals surface area contributed by atoms with Gasteiger partial charge < -0.3 is 15.2 Å². The Labute approximate surface area is 100 Å². The summed E-state index contributed by atoms with van der Waals surface area (Å²) >= 11 is 5.88. The summed E-state index contributed by atoms with van der Waals surface area (Å²) in [5.41, 5.74) is 0.425. The van der Waals surface area contributed by atoms with Crippen molar-refractivity contribution in [3.63, 3.8) is 0 Å². The number of hydrogen-bond acceptors (Lipinski definition) is 3. The Morgan fingerprint density at radius 2 is 2.38 bits per heavy atom. The molecule has 1 aliphatic rings. The predicted molar refractivity (Wildman–Crippen MR) is 63.5 cm³/mol. The fraction of sp³-hybridized carbons (Fsp3) is 0.500. The van der Waals surface area contributed by atoms with E-state index < -0.39 is 5.60 Å². The van der Waals surface area contributed by atoms with Gasteiger partial charge in [-0.15, -0.1) is 0 Å². The van der Waals surface area contributed by atoms with E-state index >= 15 is 0 Å². The number of nitrogens with one attached hydrogen (secondary N) is 1. The zero-order valence-corrected chi connectivity index (χ0v) is 9.83. The van der Waals surface area contributed by atoms with E-state index in [1.807, 2.05) is 24.3 Å². The Bertz CT molecular complexity index is 351. The summed E-state index contributed by atoms with van der Waals surface area (Å²) in [6, 6.07) is 7.70. The summed E-state index contributed by atoms with van der Waals surface area (Å²) in [6.07, 6.45) is 0.704. The van der Waals surface area contributed by atoms with E-state index in [1.165, 1.54) is 0 Å². The van der Waals surface area contributed by atoms with E-state index in [-0.39, 0.29) is 0 Å². The normalized spacial score (nSPS) is 24.9. The lowest BCUT2D eigenvalue weighted by Gasteiger charge is -2.20. The quantitative estimate of drug-likeness (QED) is 0.841. The van der Waals surface area contributed by atoms with Crippen LogP contribution in [0.4, 0.5) is 0 Å². The number of benzene rings is 1. The summed E-state index contributed by atoms with van der Waals surface area (Å²) < 4.78 is 5.17. The second kappa shape index (κ2) is 5.15. The zero-order valence-electron chi connectivity index (χ0n) is 9.08. The van der Waals surface area contributed by atoms with Crippen LogP contribution in [0, 0.1) is 0 Å². The van der Waals surface area contributed by atoms with Crippen LogP contribution in [0.3, 0.4) is 0 Å². The molecule has 0 amide bonds. The van der Waals surface area contributed by atoms with Crippen molar-refractivity contribution in [2.45, 2.75) is 18.6 Å². The van der Waals surface area contributed by atoms with Gasteiger partial charge >= 0.3 is 0 Å². The van der Waals surface area contributed by atoms with E-state index in [0.717, 1.165) is 10.6 Å². The highest BCUT2D eigenvalue weighted by molar-refractivity contribution is 6.30. The van der Waals surface area contributed by atoms with Crippen LogP contribution >= 0.6 is 11.6 Å². The average molecular weight is 242 g/mol. The third-order valence-electron chi connectivity index (χ3n) is 2.75. The molecular formula is C12H16ClNO2. The smallest absolute Gasteiger partial charge is 0.102 e. The molecule has 1 saturated heterocycles. The predicted octanol–water partition coefficient (Wildman–Crippen LogP) is 1.58. The van der Waals surface area contributed by atoms with Gasteiger partial charge in [-0.05, 0) is 17.7 Å². The molecule has 0 spiro atoms. The van der Waals surface area contributed by atoms with Crippen LogP contribution in [0.1, 0.15) is 12.0 Å². The van der Waals surface area contributed by atoms with Crippen LogP contribution in [0.2, 0.25) is 5.02 Å². The summed E-state index contributed by atoms with van der Waals surface area (Å²) in [6.45, 7) is 2.34. The summed E-state index contributed by atoms with van der Waals surface area (Å²) in [5.74, 6) is 0. The molecule has 1 heterocycles. The van der Waals surface area contributed by atoms with E-state index in [4.69, 9.17) is 16.3 Å². The molecule has 1 atom stereocenters. The first kappa shape index (κ1) is 11.9. The van der Waals surface area contributed by atoms with Gasteiger partial charge in [0.05, 0.1) is 6.61 Å². The second-order valence-corrected chi connectivity index (χ2v) is 4.70. The SMILES string of the molecule is OC1(CNCc2cccc(Cl)c2)CCOC1. The molecule has 16 heavy (non-hydrogen) atoms. The zero-order chi connectivity index (χ0) is 11.4. The molecule has 1 fully saturated rings. The average Bonchev–Trinajstić information content (AvgIpc) is 2.65. The third-order valence-corrected chi connectivity index (χ3v) is 2.99. The van der Waals surface area contributed by atoms with E-state index in [2.05, 4.69) is 5.32 Å². The molecule has 0 bridgehead atoms. The Kier molecular flexibility index (Phi) is 3.82. The first-order valence-electron chi connectivity index (χ1n) is 5.43. The molecule has 0 saturated carbocycles. The Morgan fingerprint density at radius 1 is 1.50 bits per heavy atom. The maximum Gasteiger partial charge on any atom is 0.102 e. The van der Waals surface area contributed by atoms with Gasteiger partial charge in [-0.2, -0.15) is 0 Å². The lowest BCUT2D eigenvalue weighted by Crippen LogP contribution is -2.40. The van der Waals surface area contributed by atoms with E-state index in [0.29, 0.717) is 32.7 Å². The molecule has 88 valence electrons. The van der Waals surface area contributed by atoms with E-state index in [9.17, 15) is 5.11 Å². The number of aliphatic hydroxyl groups is 1. The molecule has 0 aliphatic carbocycles. The molecular weight excluding hydrogens is 226 g/mol. The van der Waals surface area contributed by atoms with Gasteiger partial charge in [0.1, 0.15) is 5.60 Å². The molecule has 0 radical (unpaired) electrons. The molecule has 1 aromatic rings. The molecule has 1 unspecified atom stereocenters. The van der Waals surface area contributed by atoms with Gasteiger partial charge in [0.2, 0.25) is 0 Å². The fourth-order valence-corrected chi connectivity index (χ4v) is 2.04. The molecule has 1 aromatic carbocycles. The summed E-state index contributed by atoms with van der Waals surface area (Å²) in [7, 11) is 0. The topological polar surface area (TPSA) is 41.5 Å². The molecule has 0 aromatic heterocycles. The highest BCUT2D eigenvalue weighted by Crippen LogP contribution is 2.17. The number of rotatable bonds is 4. The van der Waals surface area contributed by atoms with Gasteiger partial charge in [-0.25, -0.2) is 0 Å². The molecule has 2 N–H and O–H groups in total. The number of halogens is 1. The highest BCUT2D eigenvalue weighted by atomic mass is 35.5. The van der Waals surface area contributed by atoms with Crippen LogP contribution < -0.4 is 5.32 Å². The van der Waals surface area contributed by atoms with Crippen molar-refractivity contribution in [2.75, 3.05) is 19.8 Å². The van der Waals surface area contributed by atoms with Crippen LogP contribution in [0.15, 0.2) is 24.3 Å². The standard InChI is InChI=1S/C12H16ClNO2/c13-11-3-1-2-10(6-11)7-14-8-12(15)4-5-16-9-12/h1-3,6,14-15H,4-5,7-9H2. The van der Waals surface area contributed by atoms with Crippen molar-refractivity contribution < 1.29 is 9.84 Å². The minimum atomic E-state index is -0.696. The first-order chi connectivity index (χ1) is 7.68. The molecule has 1 aliphatic heterocycles. The maximum absolute atomic E-state index is 10.0. The Balaban J connectivity index is 1.79. The van der Waals surface area contributed by atoms with Crippen LogP contribution in [-0.4, -0.2) is 30.5 Å². The van der Waals surface area contributed by atoms with Gasteiger partial charge in [-0.1, -0.05) is 23.7 Å². The third kappa shape index (κ3) is 3.19. The van der Waals surface area contributed by atoms with Crippen molar-refractivity contribution in [1.29, 1.82) is 0 Å². The number of hydrogen-bond donors (Lipinski definition) is 2. The Hall–Kier alpha value is -0.610. The van der Waals surface area contributed by atoms with Gasteiger partial charge in [-0.3, -0.25) is 0 Å². The Morgan fingerprint density at radius 3 is 3.06 bits per heavy atom.